The van der Waals surface area contributed by atoms with Crippen LogP contribution in [0.15, 0.2) is 30.3 Å². The van der Waals surface area contributed by atoms with Crippen LogP contribution in [0.4, 0.5) is 5.69 Å². The van der Waals surface area contributed by atoms with Gasteiger partial charge in [0.25, 0.3) is 0 Å². The number of rotatable bonds is 12. The minimum absolute atomic E-state index is 0.155. The molecule has 1 aromatic carbocycles. The number of benzene rings is 1. The Kier molecular flexibility index (Phi) is 10.5. The average molecular weight is 295 g/mol. The molecule has 1 unspecified atom stereocenters. The molecule has 2 N–H and O–H groups in total. The van der Waals surface area contributed by atoms with Gasteiger partial charge in [-0.1, -0.05) is 57.2 Å². The molecule has 0 aromatic heterocycles. The second kappa shape index (κ2) is 12.1. The van der Waals surface area contributed by atoms with Crippen molar-refractivity contribution in [3.63, 3.8) is 0 Å². The molecule has 0 spiro atoms. The van der Waals surface area contributed by atoms with E-state index in [1.165, 1.54) is 44.3 Å². The van der Waals surface area contributed by atoms with Crippen LogP contribution in [0.1, 0.15) is 45.4 Å². The first-order valence-corrected chi connectivity index (χ1v) is 9.02. The average Bonchev–Trinajstić information content (AvgIpc) is 2.49. The van der Waals surface area contributed by atoms with Crippen LogP contribution in [0.2, 0.25) is 0 Å². The van der Waals surface area contributed by atoms with Gasteiger partial charge >= 0.3 is 0 Å². The highest BCUT2D eigenvalue weighted by molar-refractivity contribution is 7.99. The molecule has 0 heterocycles. The van der Waals surface area contributed by atoms with Crippen LogP contribution < -0.4 is 5.32 Å². The lowest BCUT2D eigenvalue weighted by molar-refractivity contribution is 0.283. The summed E-state index contributed by atoms with van der Waals surface area (Å²) >= 11 is 1.95. The lowest BCUT2D eigenvalue weighted by Gasteiger charge is -2.17. The van der Waals surface area contributed by atoms with Gasteiger partial charge in [0.15, 0.2) is 0 Å². The molecule has 0 fully saturated rings. The zero-order chi connectivity index (χ0) is 14.5. The maximum absolute atomic E-state index is 9.41. The number of hydrogen-bond acceptors (Lipinski definition) is 3. The van der Waals surface area contributed by atoms with E-state index in [4.69, 9.17) is 0 Å². The molecule has 0 aliphatic heterocycles. The summed E-state index contributed by atoms with van der Waals surface area (Å²) in [5.74, 6) is 2.18. The summed E-state index contributed by atoms with van der Waals surface area (Å²) in [7, 11) is 0. The van der Waals surface area contributed by atoms with Gasteiger partial charge in [-0.2, -0.15) is 11.8 Å². The second-order valence-electron chi connectivity index (χ2n) is 5.23. The predicted octanol–water partition coefficient (Wildman–Crippen LogP) is 4.55. The van der Waals surface area contributed by atoms with E-state index in [9.17, 15) is 5.11 Å². The number of thioether (sulfide) groups is 1. The van der Waals surface area contributed by atoms with Gasteiger partial charge in [0.2, 0.25) is 0 Å². The predicted molar refractivity (Wildman–Crippen MR) is 91.6 cm³/mol. The number of para-hydroxylation sites is 1. The highest BCUT2D eigenvalue weighted by atomic mass is 32.2. The van der Waals surface area contributed by atoms with Crippen LogP contribution in [-0.4, -0.2) is 29.3 Å². The number of aliphatic hydroxyl groups is 1. The molecule has 20 heavy (non-hydrogen) atoms. The molecular formula is C17H29NOS. The maximum Gasteiger partial charge on any atom is 0.0640 e. The SMILES string of the molecule is CCCCCCCCSCC(CO)Nc1ccccc1. The van der Waals surface area contributed by atoms with E-state index in [2.05, 4.69) is 12.2 Å². The molecule has 1 rings (SSSR count). The minimum atomic E-state index is 0.155. The van der Waals surface area contributed by atoms with Gasteiger partial charge in [0, 0.05) is 11.4 Å². The summed E-state index contributed by atoms with van der Waals surface area (Å²) in [5, 5.41) is 12.8. The van der Waals surface area contributed by atoms with Crippen molar-refractivity contribution < 1.29 is 5.11 Å². The smallest absolute Gasteiger partial charge is 0.0640 e. The van der Waals surface area contributed by atoms with Crippen molar-refractivity contribution >= 4 is 17.4 Å². The van der Waals surface area contributed by atoms with Crippen molar-refractivity contribution in [3.8, 4) is 0 Å². The van der Waals surface area contributed by atoms with E-state index in [1.54, 1.807) is 0 Å². The van der Waals surface area contributed by atoms with Gasteiger partial charge < -0.3 is 10.4 Å². The van der Waals surface area contributed by atoms with Crippen molar-refractivity contribution in [1.29, 1.82) is 0 Å². The van der Waals surface area contributed by atoms with Crippen LogP contribution in [0.3, 0.4) is 0 Å². The van der Waals surface area contributed by atoms with Gasteiger partial charge in [-0.05, 0) is 24.3 Å². The number of unbranched alkanes of at least 4 members (excludes halogenated alkanes) is 5. The fourth-order valence-electron chi connectivity index (χ4n) is 2.12. The molecule has 0 radical (unpaired) electrons. The van der Waals surface area contributed by atoms with Crippen LogP contribution in [-0.2, 0) is 0 Å². The van der Waals surface area contributed by atoms with Crippen molar-refractivity contribution in [2.75, 3.05) is 23.4 Å². The first kappa shape index (κ1) is 17.4. The zero-order valence-electron chi connectivity index (χ0n) is 12.7. The Labute approximate surface area is 128 Å². The quantitative estimate of drug-likeness (QED) is 0.555. The summed E-state index contributed by atoms with van der Waals surface area (Å²) in [6.07, 6.45) is 8.11. The van der Waals surface area contributed by atoms with E-state index in [0.29, 0.717) is 0 Å². The molecule has 1 aromatic rings. The van der Waals surface area contributed by atoms with Crippen LogP contribution in [0.25, 0.3) is 0 Å². The summed E-state index contributed by atoms with van der Waals surface area (Å²) in [5.41, 5.74) is 1.09. The van der Waals surface area contributed by atoms with Gasteiger partial charge in [-0.25, -0.2) is 0 Å². The fraction of sp³-hybridized carbons (Fsp3) is 0.647. The minimum Gasteiger partial charge on any atom is -0.394 e. The topological polar surface area (TPSA) is 32.3 Å². The van der Waals surface area contributed by atoms with Crippen molar-refractivity contribution in [2.45, 2.75) is 51.5 Å². The van der Waals surface area contributed by atoms with Crippen LogP contribution in [0, 0.1) is 0 Å². The highest BCUT2D eigenvalue weighted by Crippen LogP contribution is 2.13. The Morgan fingerprint density at radius 2 is 1.75 bits per heavy atom. The van der Waals surface area contributed by atoms with Crippen LogP contribution in [0.5, 0.6) is 0 Å². The normalized spacial score (nSPS) is 12.3. The Balaban J connectivity index is 2.04. The Morgan fingerprint density at radius 1 is 1.05 bits per heavy atom. The third-order valence-electron chi connectivity index (χ3n) is 3.33. The maximum atomic E-state index is 9.41. The summed E-state index contributed by atoms with van der Waals surface area (Å²) in [4.78, 5) is 0. The molecule has 2 nitrogen and oxygen atoms in total. The van der Waals surface area contributed by atoms with E-state index in [-0.39, 0.29) is 12.6 Å². The number of hydrogen-bond donors (Lipinski definition) is 2. The van der Waals surface area contributed by atoms with Gasteiger partial charge in [0.05, 0.1) is 12.6 Å². The van der Waals surface area contributed by atoms with E-state index < -0.39 is 0 Å². The molecule has 0 saturated carbocycles. The molecule has 114 valence electrons. The number of aliphatic hydroxyl groups excluding tert-OH is 1. The Bertz CT molecular complexity index is 318. The van der Waals surface area contributed by atoms with Gasteiger partial charge in [-0.15, -0.1) is 0 Å². The third-order valence-corrected chi connectivity index (χ3v) is 4.54. The Hall–Kier alpha value is -0.670. The molecular weight excluding hydrogens is 266 g/mol. The molecule has 0 bridgehead atoms. The molecule has 0 amide bonds. The van der Waals surface area contributed by atoms with Gasteiger partial charge in [-0.3, -0.25) is 0 Å². The molecule has 0 aliphatic rings. The summed E-state index contributed by atoms with van der Waals surface area (Å²) < 4.78 is 0. The summed E-state index contributed by atoms with van der Waals surface area (Å²) in [6, 6.07) is 10.3. The van der Waals surface area contributed by atoms with Crippen LogP contribution >= 0.6 is 11.8 Å². The van der Waals surface area contributed by atoms with Crippen molar-refractivity contribution in [1.82, 2.24) is 0 Å². The first-order chi connectivity index (χ1) is 9.86. The van der Waals surface area contributed by atoms with E-state index in [1.807, 2.05) is 42.1 Å². The summed E-state index contributed by atoms with van der Waals surface area (Å²) in [6.45, 7) is 2.45. The monoisotopic (exact) mass is 295 g/mol. The third kappa shape index (κ3) is 8.49. The van der Waals surface area contributed by atoms with E-state index in [0.717, 1.165) is 11.4 Å². The molecule has 3 heteroatoms. The largest absolute Gasteiger partial charge is 0.394 e. The lowest BCUT2D eigenvalue weighted by atomic mass is 10.1. The van der Waals surface area contributed by atoms with Gasteiger partial charge in [0.1, 0.15) is 0 Å². The first-order valence-electron chi connectivity index (χ1n) is 7.87. The molecule has 0 saturated heterocycles. The standard InChI is InChI=1S/C17H29NOS/c1-2-3-4-5-6-10-13-20-15-17(14-19)18-16-11-8-7-9-12-16/h7-9,11-12,17-19H,2-6,10,13-15H2,1H3. The Morgan fingerprint density at radius 3 is 2.45 bits per heavy atom. The van der Waals surface area contributed by atoms with Crippen molar-refractivity contribution in [3.05, 3.63) is 30.3 Å². The number of nitrogens with one attached hydrogen (secondary N) is 1. The molecule has 1 atom stereocenters. The number of anilines is 1. The second-order valence-corrected chi connectivity index (χ2v) is 6.38. The zero-order valence-corrected chi connectivity index (χ0v) is 13.5. The lowest BCUT2D eigenvalue weighted by Crippen LogP contribution is -2.26. The van der Waals surface area contributed by atoms with E-state index >= 15 is 0 Å². The fourth-order valence-corrected chi connectivity index (χ4v) is 3.17. The molecule has 0 aliphatic carbocycles. The van der Waals surface area contributed by atoms with Crippen molar-refractivity contribution in [2.24, 2.45) is 0 Å². The highest BCUT2D eigenvalue weighted by Gasteiger charge is 2.06.